The van der Waals surface area contributed by atoms with Gasteiger partial charge >= 0.3 is 5.69 Å². The highest BCUT2D eigenvalue weighted by Gasteiger charge is 2.14. The van der Waals surface area contributed by atoms with Crippen LogP contribution < -0.4 is 11.2 Å². The summed E-state index contributed by atoms with van der Waals surface area (Å²) in [5, 5.41) is 9.51. The standard InChI is InChI=1S/C12H11FN2O3/c1-2-7-3-5-8(6-4-7)15-11(17)9(13)10(16)14-12(15)18/h3-6,17H,2H2,1H3,(H,14,16,18). The number of hydrogen-bond acceptors (Lipinski definition) is 3. The van der Waals surface area contributed by atoms with Crippen LogP contribution in [0.25, 0.3) is 5.69 Å². The van der Waals surface area contributed by atoms with Gasteiger partial charge in [0.1, 0.15) is 0 Å². The van der Waals surface area contributed by atoms with E-state index in [4.69, 9.17) is 0 Å². The summed E-state index contributed by atoms with van der Waals surface area (Å²) in [6, 6.07) is 6.64. The Morgan fingerprint density at radius 3 is 2.44 bits per heavy atom. The first-order valence-corrected chi connectivity index (χ1v) is 5.37. The molecular weight excluding hydrogens is 239 g/mol. The normalized spacial score (nSPS) is 10.6. The molecule has 0 fully saturated rings. The zero-order valence-electron chi connectivity index (χ0n) is 9.61. The Bertz CT molecular complexity index is 686. The third kappa shape index (κ3) is 1.92. The number of H-pyrrole nitrogens is 1. The monoisotopic (exact) mass is 250 g/mol. The van der Waals surface area contributed by atoms with E-state index in [2.05, 4.69) is 0 Å². The topological polar surface area (TPSA) is 75.1 Å². The van der Waals surface area contributed by atoms with E-state index in [1.807, 2.05) is 6.92 Å². The number of halogens is 1. The zero-order chi connectivity index (χ0) is 13.3. The molecule has 0 atom stereocenters. The van der Waals surface area contributed by atoms with Gasteiger partial charge in [-0.25, -0.2) is 9.36 Å². The molecule has 2 N–H and O–H groups in total. The molecule has 0 aliphatic rings. The number of nitrogens with one attached hydrogen (secondary N) is 1. The summed E-state index contributed by atoms with van der Waals surface area (Å²) in [5.74, 6) is -2.37. The van der Waals surface area contributed by atoms with E-state index in [1.54, 1.807) is 29.2 Å². The summed E-state index contributed by atoms with van der Waals surface area (Å²) in [4.78, 5) is 24.3. The molecule has 0 unspecified atom stereocenters. The van der Waals surface area contributed by atoms with Gasteiger partial charge in [0.15, 0.2) is 0 Å². The van der Waals surface area contributed by atoms with E-state index in [9.17, 15) is 19.1 Å². The quantitative estimate of drug-likeness (QED) is 0.832. The van der Waals surface area contributed by atoms with Crippen molar-refractivity contribution in [3.05, 3.63) is 56.5 Å². The van der Waals surface area contributed by atoms with Gasteiger partial charge in [0, 0.05) is 0 Å². The van der Waals surface area contributed by atoms with Crippen molar-refractivity contribution in [2.45, 2.75) is 13.3 Å². The van der Waals surface area contributed by atoms with Gasteiger partial charge in [-0.15, -0.1) is 0 Å². The Hall–Kier alpha value is -2.37. The molecule has 0 amide bonds. The van der Waals surface area contributed by atoms with Gasteiger partial charge in [0.2, 0.25) is 11.7 Å². The fourth-order valence-corrected chi connectivity index (χ4v) is 1.62. The van der Waals surface area contributed by atoms with Crippen molar-refractivity contribution < 1.29 is 9.50 Å². The molecule has 2 aromatic rings. The predicted octanol–water partition coefficient (Wildman–Crippen LogP) is 0.933. The second-order valence-corrected chi connectivity index (χ2v) is 3.75. The van der Waals surface area contributed by atoms with Crippen LogP contribution in [-0.4, -0.2) is 14.7 Å². The lowest BCUT2D eigenvalue weighted by Gasteiger charge is -2.08. The molecule has 0 radical (unpaired) electrons. The molecule has 0 spiro atoms. The van der Waals surface area contributed by atoms with Crippen molar-refractivity contribution in [2.75, 3.05) is 0 Å². The van der Waals surface area contributed by atoms with Crippen LogP contribution in [0.15, 0.2) is 33.9 Å². The van der Waals surface area contributed by atoms with E-state index >= 15 is 0 Å². The number of hydrogen-bond donors (Lipinski definition) is 2. The smallest absolute Gasteiger partial charge is 0.335 e. The Labute approximate surface area is 101 Å². The second-order valence-electron chi connectivity index (χ2n) is 3.75. The van der Waals surface area contributed by atoms with Crippen LogP contribution in [0.4, 0.5) is 4.39 Å². The van der Waals surface area contributed by atoms with Crippen molar-refractivity contribution in [3.8, 4) is 11.6 Å². The minimum atomic E-state index is -1.38. The number of rotatable bonds is 2. The molecule has 1 heterocycles. The average molecular weight is 250 g/mol. The highest BCUT2D eigenvalue weighted by atomic mass is 19.1. The highest BCUT2D eigenvalue weighted by molar-refractivity contribution is 5.37. The van der Waals surface area contributed by atoms with E-state index in [0.717, 1.165) is 12.0 Å². The van der Waals surface area contributed by atoms with Crippen molar-refractivity contribution in [2.24, 2.45) is 0 Å². The maximum absolute atomic E-state index is 13.2. The van der Waals surface area contributed by atoms with Crippen molar-refractivity contribution in [1.82, 2.24) is 9.55 Å². The molecule has 0 saturated heterocycles. The van der Waals surface area contributed by atoms with E-state index in [-0.39, 0.29) is 5.69 Å². The third-order valence-electron chi connectivity index (χ3n) is 2.63. The first kappa shape index (κ1) is 12.1. The number of aromatic hydroxyl groups is 1. The molecule has 18 heavy (non-hydrogen) atoms. The molecule has 5 nitrogen and oxygen atoms in total. The molecule has 94 valence electrons. The third-order valence-corrected chi connectivity index (χ3v) is 2.63. The van der Waals surface area contributed by atoms with Gasteiger partial charge in [-0.3, -0.25) is 9.78 Å². The van der Waals surface area contributed by atoms with Gasteiger partial charge in [0.25, 0.3) is 5.56 Å². The Balaban J connectivity index is 2.67. The number of nitrogens with zero attached hydrogens (tertiary/aromatic N) is 1. The largest absolute Gasteiger partial charge is 0.492 e. The van der Waals surface area contributed by atoms with Crippen LogP contribution in [0.1, 0.15) is 12.5 Å². The molecule has 0 aliphatic carbocycles. The van der Waals surface area contributed by atoms with Gasteiger partial charge in [-0.1, -0.05) is 19.1 Å². The molecule has 6 heteroatoms. The number of benzene rings is 1. The maximum Gasteiger partial charge on any atom is 0.335 e. The lowest BCUT2D eigenvalue weighted by Crippen LogP contribution is -2.30. The van der Waals surface area contributed by atoms with Crippen LogP contribution in [-0.2, 0) is 6.42 Å². The van der Waals surface area contributed by atoms with E-state index < -0.39 is 22.9 Å². The summed E-state index contributed by atoms with van der Waals surface area (Å²) >= 11 is 0. The number of aromatic nitrogens is 2. The van der Waals surface area contributed by atoms with Crippen LogP contribution in [0, 0.1) is 5.82 Å². The first-order chi connectivity index (χ1) is 8.54. The van der Waals surface area contributed by atoms with Crippen LogP contribution >= 0.6 is 0 Å². The molecule has 0 bridgehead atoms. The first-order valence-electron chi connectivity index (χ1n) is 5.37. The number of aryl methyl sites for hydroxylation is 1. The molecule has 0 aliphatic heterocycles. The van der Waals surface area contributed by atoms with E-state index in [0.29, 0.717) is 4.57 Å². The molecule has 1 aromatic carbocycles. The number of aromatic amines is 1. The predicted molar refractivity (Wildman–Crippen MR) is 63.7 cm³/mol. The van der Waals surface area contributed by atoms with Gasteiger partial charge in [-0.05, 0) is 24.1 Å². The van der Waals surface area contributed by atoms with Gasteiger partial charge in [-0.2, -0.15) is 4.39 Å². The van der Waals surface area contributed by atoms with Crippen LogP contribution in [0.2, 0.25) is 0 Å². The minimum Gasteiger partial charge on any atom is -0.492 e. The van der Waals surface area contributed by atoms with E-state index in [1.165, 1.54) is 0 Å². The summed E-state index contributed by atoms with van der Waals surface area (Å²) in [7, 11) is 0. The fourth-order valence-electron chi connectivity index (χ4n) is 1.62. The molecule has 0 saturated carbocycles. The van der Waals surface area contributed by atoms with Crippen molar-refractivity contribution in [1.29, 1.82) is 0 Å². The Morgan fingerprint density at radius 2 is 1.89 bits per heavy atom. The molecule has 1 aromatic heterocycles. The second kappa shape index (κ2) is 4.48. The maximum atomic E-state index is 13.2. The Kier molecular flexibility index (Phi) is 3.01. The summed E-state index contributed by atoms with van der Waals surface area (Å²) < 4.78 is 14.0. The van der Waals surface area contributed by atoms with Gasteiger partial charge < -0.3 is 5.11 Å². The highest BCUT2D eigenvalue weighted by Crippen LogP contribution is 2.15. The minimum absolute atomic E-state index is 0.282. The lowest BCUT2D eigenvalue weighted by molar-refractivity contribution is 0.386. The SMILES string of the molecule is CCc1ccc(-n2c(O)c(F)c(=O)[nH]c2=O)cc1. The molecule has 2 rings (SSSR count). The van der Waals surface area contributed by atoms with Crippen LogP contribution in [0.3, 0.4) is 0 Å². The summed E-state index contributed by atoms with van der Waals surface area (Å²) in [6.45, 7) is 1.97. The lowest BCUT2D eigenvalue weighted by atomic mass is 10.1. The zero-order valence-corrected chi connectivity index (χ0v) is 9.61. The summed E-state index contributed by atoms with van der Waals surface area (Å²) in [6.07, 6.45) is 0.821. The van der Waals surface area contributed by atoms with Crippen molar-refractivity contribution >= 4 is 0 Å². The average Bonchev–Trinajstić information content (AvgIpc) is 2.37. The fraction of sp³-hybridized carbons (Fsp3) is 0.167. The van der Waals surface area contributed by atoms with Crippen molar-refractivity contribution in [3.63, 3.8) is 0 Å². The summed E-state index contributed by atoms with van der Waals surface area (Å²) in [5.41, 5.74) is -0.803. The molecular formula is C12H11FN2O3. The van der Waals surface area contributed by atoms with Gasteiger partial charge in [0.05, 0.1) is 5.69 Å². The van der Waals surface area contributed by atoms with Crippen LogP contribution in [0.5, 0.6) is 5.88 Å². The Morgan fingerprint density at radius 1 is 1.28 bits per heavy atom.